The molecule has 0 spiro atoms. The van der Waals surface area contributed by atoms with E-state index in [0.29, 0.717) is 11.6 Å². The minimum Gasteiger partial charge on any atom is -0.342 e. The molecule has 0 radical (unpaired) electrons. The van der Waals surface area contributed by atoms with E-state index >= 15 is 0 Å². The second-order valence-electron chi connectivity index (χ2n) is 6.05. The Balaban J connectivity index is 1.85. The molecule has 2 aromatic heterocycles. The third kappa shape index (κ3) is 3.25. The number of carbonyl (C=O) groups is 1. The van der Waals surface area contributed by atoms with E-state index in [1.54, 1.807) is 13.1 Å². The molecule has 1 saturated carbocycles. The van der Waals surface area contributed by atoms with E-state index in [1.165, 1.54) is 12.1 Å². The Morgan fingerprint density at radius 1 is 1.30 bits per heavy atom. The van der Waals surface area contributed by atoms with E-state index in [0.717, 1.165) is 28.7 Å². The van der Waals surface area contributed by atoms with Crippen LogP contribution < -0.4 is 5.32 Å². The number of halogens is 2. The molecule has 1 atom stereocenters. The van der Waals surface area contributed by atoms with Gasteiger partial charge in [-0.2, -0.15) is 8.78 Å². The van der Waals surface area contributed by atoms with Crippen LogP contribution in [0.25, 0.3) is 0 Å². The topological polar surface area (TPSA) is 46.9 Å². The first-order chi connectivity index (χ1) is 11.0. The van der Waals surface area contributed by atoms with Crippen LogP contribution in [0.3, 0.4) is 0 Å². The maximum absolute atomic E-state index is 13.1. The summed E-state index contributed by atoms with van der Waals surface area (Å²) in [4.78, 5) is 16.8. The van der Waals surface area contributed by atoms with Crippen LogP contribution in [0.2, 0.25) is 0 Å². The van der Waals surface area contributed by atoms with Crippen LogP contribution in [-0.4, -0.2) is 15.5 Å². The smallest absolute Gasteiger partial charge is 0.319 e. The summed E-state index contributed by atoms with van der Waals surface area (Å²) < 4.78 is 27.0. The van der Waals surface area contributed by atoms with Gasteiger partial charge in [-0.15, -0.1) is 0 Å². The molecule has 23 heavy (non-hydrogen) atoms. The number of amides is 1. The van der Waals surface area contributed by atoms with Crippen LogP contribution >= 0.6 is 0 Å². The second-order valence-corrected chi connectivity index (χ2v) is 6.05. The number of carbonyl (C=O) groups excluding carboxylic acids is 1. The van der Waals surface area contributed by atoms with Crippen molar-refractivity contribution in [3.8, 4) is 0 Å². The van der Waals surface area contributed by atoms with Gasteiger partial charge in [-0.25, -0.2) is 0 Å². The van der Waals surface area contributed by atoms with Crippen molar-refractivity contribution in [3.05, 3.63) is 53.1 Å². The lowest BCUT2D eigenvalue weighted by Crippen LogP contribution is -2.32. The molecule has 3 rings (SSSR count). The van der Waals surface area contributed by atoms with Gasteiger partial charge in [0.25, 0.3) is 5.91 Å². The molecule has 2 aromatic rings. The molecule has 1 aliphatic rings. The average molecular weight is 319 g/mol. The fraction of sp³-hybridized carbons (Fsp3) is 0.412. The Morgan fingerprint density at radius 3 is 2.65 bits per heavy atom. The number of aryl methyl sites for hydroxylation is 2. The molecule has 0 aromatic carbocycles. The minimum absolute atomic E-state index is 0.0178. The van der Waals surface area contributed by atoms with Crippen molar-refractivity contribution in [2.45, 2.75) is 39.3 Å². The van der Waals surface area contributed by atoms with Gasteiger partial charge in [0.05, 0.1) is 11.7 Å². The highest BCUT2D eigenvalue weighted by atomic mass is 19.3. The molecule has 0 aliphatic heterocycles. The highest BCUT2D eigenvalue weighted by molar-refractivity contribution is 5.93. The van der Waals surface area contributed by atoms with Crippen molar-refractivity contribution in [2.75, 3.05) is 0 Å². The van der Waals surface area contributed by atoms with Gasteiger partial charge in [0.1, 0.15) is 5.69 Å². The standard InChI is InChI=1S/C17H19F2N3O/c1-10-7-8-20-13(9-10)15(12-4-5-12)21-16(23)14-6-3-11(2)22(14)17(18)19/h3,6-9,12,15,17H,4-5H2,1-2H3,(H,21,23)/t15-/m1/s1. The number of pyridine rings is 1. The van der Waals surface area contributed by atoms with Gasteiger partial charge in [-0.3, -0.25) is 14.3 Å². The van der Waals surface area contributed by atoms with Crippen molar-refractivity contribution >= 4 is 5.91 Å². The lowest BCUT2D eigenvalue weighted by molar-refractivity contribution is 0.0612. The molecule has 1 amide bonds. The van der Waals surface area contributed by atoms with Crippen molar-refractivity contribution in [1.82, 2.24) is 14.9 Å². The van der Waals surface area contributed by atoms with Crippen LogP contribution in [0.4, 0.5) is 8.78 Å². The molecule has 0 bridgehead atoms. The molecule has 6 heteroatoms. The number of aromatic nitrogens is 2. The van der Waals surface area contributed by atoms with Gasteiger partial charge in [0.2, 0.25) is 0 Å². The van der Waals surface area contributed by atoms with Crippen LogP contribution in [0.15, 0.2) is 30.5 Å². The molecular weight excluding hydrogens is 300 g/mol. The summed E-state index contributed by atoms with van der Waals surface area (Å²) in [5, 5.41) is 2.89. The summed E-state index contributed by atoms with van der Waals surface area (Å²) in [6.07, 6.45) is 3.73. The first-order valence-electron chi connectivity index (χ1n) is 7.67. The van der Waals surface area contributed by atoms with Gasteiger partial charge in [-0.05, 0) is 62.4 Å². The average Bonchev–Trinajstić information content (AvgIpc) is 3.26. The first-order valence-corrected chi connectivity index (χ1v) is 7.67. The zero-order chi connectivity index (χ0) is 16.6. The van der Waals surface area contributed by atoms with Crippen LogP contribution in [-0.2, 0) is 0 Å². The molecule has 0 unspecified atom stereocenters. The number of alkyl halides is 2. The monoisotopic (exact) mass is 319 g/mol. The molecule has 4 nitrogen and oxygen atoms in total. The maximum atomic E-state index is 13.1. The zero-order valence-electron chi connectivity index (χ0n) is 13.1. The van der Waals surface area contributed by atoms with E-state index in [4.69, 9.17) is 0 Å². The van der Waals surface area contributed by atoms with Crippen LogP contribution in [0.1, 0.15) is 52.9 Å². The van der Waals surface area contributed by atoms with E-state index in [-0.39, 0.29) is 11.7 Å². The van der Waals surface area contributed by atoms with Gasteiger partial charge in [0, 0.05) is 11.9 Å². The summed E-state index contributed by atoms with van der Waals surface area (Å²) >= 11 is 0. The number of rotatable bonds is 5. The normalized spacial score (nSPS) is 15.7. The largest absolute Gasteiger partial charge is 0.342 e. The highest BCUT2D eigenvalue weighted by Gasteiger charge is 2.35. The molecular formula is C17H19F2N3O. The summed E-state index contributed by atoms with van der Waals surface area (Å²) in [7, 11) is 0. The third-order valence-electron chi connectivity index (χ3n) is 4.18. The van der Waals surface area contributed by atoms with E-state index in [1.807, 2.05) is 19.1 Å². The molecule has 2 heterocycles. The Labute approximate surface area is 133 Å². The van der Waals surface area contributed by atoms with Gasteiger partial charge in [-0.1, -0.05) is 0 Å². The summed E-state index contributed by atoms with van der Waals surface area (Å²) in [6, 6.07) is 6.55. The Kier molecular flexibility index (Phi) is 4.15. The fourth-order valence-corrected chi connectivity index (χ4v) is 2.80. The number of hydrogen-bond acceptors (Lipinski definition) is 2. The summed E-state index contributed by atoms with van der Waals surface area (Å²) in [5.41, 5.74) is 2.19. The molecule has 122 valence electrons. The van der Waals surface area contributed by atoms with E-state index in [9.17, 15) is 13.6 Å². The van der Waals surface area contributed by atoms with Crippen LogP contribution in [0.5, 0.6) is 0 Å². The highest BCUT2D eigenvalue weighted by Crippen LogP contribution is 2.40. The van der Waals surface area contributed by atoms with Crippen molar-refractivity contribution in [2.24, 2.45) is 5.92 Å². The SMILES string of the molecule is Cc1ccnc([C@H](NC(=O)c2ccc(C)n2C(F)F)C2CC2)c1. The predicted octanol–water partition coefficient (Wildman–Crippen LogP) is 3.78. The zero-order valence-corrected chi connectivity index (χ0v) is 13.1. The molecule has 0 saturated heterocycles. The second kappa shape index (κ2) is 6.10. The van der Waals surface area contributed by atoms with E-state index in [2.05, 4.69) is 10.3 Å². The number of nitrogens with zero attached hydrogens (tertiary/aromatic N) is 2. The number of hydrogen-bond donors (Lipinski definition) is 1. The molecule has 1 aliphatic carbocycles. The molecule has 1 N–H and O–H groups in total. The quantitative estimate of drug-likeness (QED) is 0.912. The Hall–Kier alpha value is -2.24. The van der Waals surface area contributed by atoms with Crippen molar-refractivity contribution < 1.29 is 13.6 Å². The van der Waals surface area contributed by atoms with Gasteiger partial charge in [0.15, 0.2) is 0 Å². The van der Waals surface area contributed by atoms with Gasteiger partial charge >= 0.3 is 6.55 Å². The van der Waals surface area contributed by atoms with Crippen LogP contribution in [0, 0.1) is 19.8 Å². The number of nitrogens with one attached hydrogen (secondary N) is 1. The summed E-state index contributed by atoms with van der Waals surface area (Å²) in [5.74, 6) is -0.164. The third-order valence-corrected chi connectivity index (χ3v) is 4.18. The van der Waals surface area contributed by atoms with Crippen molar-refractivity contribution in [3.63, 3.8) is 0 Å². The predicted molar refractivity (Wildman–Crippen MR) is 82.3 cm³/mol. The lowest BCUT2D eigenvalue weighted by Gasteiger charge is -2.19. The van der Waals surface area contributed by atoms with E-state index < -0.39 is 12.5 Å². The Morgan fingerprint density at radius 2 is 2.04 bits per heavy atom. The Bertz CT molecular complexity index is 722. The van der Waals surface area contributed by atoms with Crippen molar-refractivity contribution in [1.29, 1.82) is 0 Å². The fourth-order valence-electron chi connectivity index (χ4n) is 2.80. The lowest BCUT2D eigenvalue weighted by atomic mass is 10.1. The minimum atomic E-state index is -2.73. The summed E-state index contributed by atoms with van der Waals surface area (Å²) in [6.45, 7) is 0.785. The molecule has 1 fully saturated rings. The first kappa shape index (κ1) is 15.6. The maximum Gasteiger partial charge on any atom is 0.319 e. The van der Waals surface area contributed by atoms with Gasteiger partial charge < -0.3 is 5.32 Å².